The summed E-state index contributed by atoms with van der Waals surface area (Å²) in [5.74, 6) is 5.96. The molecule has 9 heteroatoms. The molecule has 0 aliphatic carbocycles. The van der Waals surface area contributed by atoms with Gasteiger partial charge in [0, 0.05) is 38.0 Å². The zero-order valence-corrected chi connectivity index (χ0v) is 19.9. The van der Waals surface area contributed by atoms with Crippen LogP contribution in [0.2, 0.25) is 0 Å². The van der Waals surface area contributed by atoms with Crippen molar-refractivity contribution in [1.82, 2.24) is 14.1 Å². The summed E-state index contributed by atoms with van der Waals surface area (Å²) in [6.45, 7) is 5.79. The number of hydrogen-bond acceptors (Lipinski definition) is 6. The lowest BCUT2D eigenvalue weighted by Gasteiger charge is -2.37. The quantitative estimate of drug-likeness (QED) is 0.668. The van der Waals surface area contributed by atoms with E-state index in [0.717, 1.165) is 0 Å². The van der Waals surface area contributed by atoms with Crippen molar-refractivity contribution in [3.63, 3.8) is 0 Å². The summed E-state index contributed by atoms with van der Waals surface area (Å²) in [4.78, 5) is 15.3. The summed E-state index contributed by atoms with van der Waals surface area (Å²) in [7, 11) is 1.62. The van der Waals surface area contributed by atoms with E-state index in [2.05, 4.69) is 11.8 Å². The average molecular weight is 452 g/mol. The summed E-state index contributed by atoms with van der Waals surface area (Å²) < 4.78 is 34.3. The van der Waals surface area contributed by atoms with Crippen molar-refractivity contribution in [1.29, 1.82) is 0 Å². The first-order chi connectivity index (χ1) is 14.5. The van der Waals surface area contributed by atoms with Gasteiger partial charge in [0.1, 0.15) is 16.7 Å². The fraction of sp³-hybridized carbons (Fsp3) is 0.591. The van der Waals surface area contributed by atoms with Gasteiger partial charge in [-0.05, 0) is 39.2 Å². The number of ether oxygens (including phenoxy) is 1. The molecule has 1 aliphatic rings. The van der Waals surface area contributed by atoms with Gasteiger partial charge >= 0.3 is 0 Å². The molecule has 1 amide bonds. The first-order valence-electron chi connectivity index (χ1n) is 10.3. The first-order valence-corrected chi connectivity index (χ1v) is 11.7. The van der Waals surface area contributed by atoms with Crippen molar-refractivity contribution in [3.8, 4) is 17.6 Å². The van der Waals surface area contributed by atoms with Crippen molar-refractivity contribution in [2.24, 2.45) is 5.92 Å². The van der Waals surface area contributed by atoms with E-state index in [0.29, 0.717) is 18.7 Å². The molecule has 1 N–H and O–H groups in total. The Morgan fingerprint density at radius 1 is 1.35 bits per heavy atom. The second-order valence-electron chi connectivity index (χ2n) is 8.34. The van der Waals surface area contributed by atoms with Crippen LogP contribution < -0.4 is 4.74 Å². The van der Waals surface area contributed by atoms with E-state index in [1.165, 1.54) is 17.3 Å². The number of carbonyl (C=O) groups excluding carboxylic acids is 1. The van der Waals surface area contributed by atoms with Crippen LogP contribution in [0.4, 0.5) is 0 Å². The molecule has 1 aromatic carbocycles. The number of aliphatic hydroxyl groups excluding tert-OH is 1. The van der Waals surface area contributed by atoms with Gasteiger partial charge in [-0.25, -0.2) is 8.42 Å². The Morgan fingerprint density at radius 3 is 2.61 bits per heavy atom. The monoisotopic (exact) mass is 451 g/mol. The third-order valence-electron chi connectivity index (χ3n) is 5.29. The molecule has 0 radical (unpaired) electrons. The van der Waals surface area contributed by atoms with Crippen LogP contribution in [0, 0.1) is 17.8 Å². The Labute approximate surface area is 185 Å². The van der Waals surface area contributed by atoms with Gasteiger partial charge < -0.3 is 14.7 Å². The normalized spacial score (nSPS) is 21.7. The SMILES string of the molecule is CC(=O)N(C)C[C@H]1Oc2cc(C#CCN(C)C)ccc2S(=O)(=O)N([C@@H](C)CO)C[C@@H]1C. The molecule has 0 saturated carbocycles. The number of hydrogen-bond donors (Lipinski definition) is 1. The molecular weight excluding hydrogens is 418 g/mol. The van der Waals surface area contributed by atoms with Crippen LogP contribution in [0.5, 0.6) is 5.75 Å². The van der Waals surface area contributed by atoms with Gasteiger partial charge in [-0.1, -0.05) is 18.8 Å². The molecule has 0 saturated heterocycles. The van der Waals surface area contributed by atoms with Crippen LogP contribution in [-0.4, -0.2) is 93.1 Å². The van der Waals surface area contributed by atoms with Gasteiger partial charge in [0.2, 0.25) is 15.9 Å². The van der Waals surface area contributed by atoms with E-state index in [-0.39, 0.29) is 35.6 Å². The summed E-state index contributed by atoms with van der Waals surface area (Å²) >= 11 is 0. The Kier molecular flexibility index (Phi) is 8.49. The predicted octanol–water partition coefficient (Wildman–Crippen LogP) is 0.847. The number of rotatable bonds is 5. The number of sulfonamides is 1. The molecule has 8 nitrogen and oxygen atoms in total. The molecule has 1 aromatic rings. The molecule has 0 fully saturated rings. The fourth-order valence-corrected chi connectivity index (χ4v) is 5.05. The number of aliphatic hydroxyl groups is 1. The van der Waals surface area contributed by atoms with Crippen LogP contribution in [0.1, 0.15) is 26.3 Å². The van der Waals surface area contributed by atoms with Gasteiger partial charge in [-0.2, -0.15) is 4.31 Å². The van der Waals surface area contributed by atoms with Gasteiger partial charge in [0.25, 0.3) is 0 Å². The highest BCUT2D eigenvalue weighted by Gasteiger charge is 2.38. The largest absolute Gasteiger partial charge is 0.487 e. The smallest absolute Gasteiger partial charge is 0.247 e. The molecule has 0 unspecified atom stereocenters. The molecule has 1 aliphatic heterocycles. The number of nitrogens with zero attached hydrogens (tertiary/aromatic N) is 3. The van der Waals surface area contributed by atoms with Crippen LogP contribution in [0.25, 0.3) is 0 Å². The minimum atomic E-state index is -3.89. The fourth-order valence-electron chi connectivity index (χ4n) is 3.22. The van der Waals surface area contributed by atoms with Gasteiger partial charge in [-0.15, -0.1) is 0 Å². The third-order valence-corrected chi connectivity index (χ3v) is 7.31. The van der Waals surface area contributed by atoms with E-state index in [1.54, 1.807) is 31.0 Å². The number of likely N-dealkylation sites (N-methyl/N-ethyl adjacent to an activating group) is 1. The maximum Gasteiger partial charge on any atom is 0.247 e. The van der Waals surface area contributed by atoms with Crippen molar-refractivity contribution in [2.75, 3.05) is 47.4 Å². The van der Waals surface area contributed by atoms with Gasteiger partial charge in [0.05, 0.1) is 19.7 Å². The Bertz CT molecular complexity index is 952. The van der Waals surface area contributed by atoms with E-state index >= 15 is 0 Å². The summed E-state index contributed by atoms with van der Waals surface area (Å²) in [5.41, 5.74) is 0.643. The molecule has 0 aromatic heterocycles. The molecule has 2 rings (SSSR count). The van der Waals surface area contributed by atoms with Crippen LogP contribution in [0.15, 0.2) is 23.1 Å². The van der Waals surface area contributed by atoms with Crippen molar-refractivity contribution in [3.05, 3.63) is 23.8 Å². The van der Waals surface area contributed by atoms with E-state index in [4.69, 9.17) is 4.74 Å². The molecule has 0 bridgehead atoms. The molecule has 0 spiro atoms. The molecule has 31 heavy (non-hydrogen) atoms. The third kappa shape index (κ3) is 6.20. The zero-order valence-electron chi connectivity index (χ0n) is 19.1. The van der Waals surface area contributed by atoms with Crippen molar-refractivity contribution in [2.45, 2.75) is 37.8 Å². The summed E-state index contributed by atoms with van der Waals surface area (Å²) in [5, 5.41) is 9.67. The Hall–Kier alpha value is -2.12. The van der Waals surface area contributed by atoms with E-state index < -0.39 is 22.2 Å². The van der Waals surface area contributed by atoms with E-state index in [1.807, 2.05) is 25.9 Å². The summed E-state index contributed by atoms with van der Waals surface area (Å²) in [6.07, 6.45) is -0.429. The first kappa shape index (κ1) is 25.1. The lowest BCUT2D eigenvalue weighted by atomic mass is 10.0. The van der Waals surface area contributed by atoms with Crippen molar-refractivity contribution >= 4 is 15.9 Å². The Balaban J connectivity index is 2.56. The number of fused-ring (bicyclic) bond motifs is 1. The minimum absolute atomic E-state index is 0.0355. The predicted molar refractivity (Wildman–Crippen MR) is 119 cm³/mol. The Morgan fingerprint density at radius 2 is 2.03 bits per heavy atom. The second-order valence-corrected chi connectivity index (χ2v) is 10.2. The van der Waals surface area contributed by atoms with E-state index in [9.17, 15) is 18.3 Å². The lowest BCUT2D eigenvalue weighted by Crippen LogP contribution is -2.50. The maximum atomic E-state index is 13.4. The molecular formula is C22H33N3O5S. The minimum Gasteiger partial charge on any atom is -0.487 e. The molecule has 3 atom stereocenters. The lowest BCUT2D eigenvalue weighted by molar-refractivity contribution is -0.129. The summed E-state index contributed by atoms with van der Waals surface area (Å²) in [6, 6.07) is 4.20. The average Bonchev–Trinajstić information content (AvgIpc) is 2.69. The second kappa shape index (κ2) is 10.5. The number of amides is 1. The van der Waals surface area contributed by atoms with Gasteiger partial charge in [-0.3, -0.25) is 9.69 Å². The highest BCUT2D eigenvalue weighted by Crippen LogP contribution is 2.34. The number of benzene rings is 1. The maximum absolute atomic E-state index is 13.4. The molecule has 172 valence electrons. The zero-order chi connectivity index (χ0) is 23.3. The van der Waals surface area contributed by atoms with Crippen LogP contribution >= 0.6 is 0 Å². The van der Waals surface area contributed by atoms with Gasteiger partial charge in [0.15, 0.2) is 0 Å². The number of carbonyl (C=O) groups is 1. The highest BCUT2D eigenvalue weighted by molar-refractivity contribution is 7.89. The topological polar surface area (TPSA) is 90.4 Å². The van der Waals surface area contributed by atoms with Crippen LogP contribution in [-0.2, 0) is 14.8 Å². The van der Waals surface area contributed by atoms with Crippen molar-refractivity contribution < 1.29 is 23.1 Å². The molecule has 1 heterocycles. The highest BCUT2D eigenvalue weighted by atomic mass is 32.2. The van der Waals surface area contributed by atoms with Crippen LogP contribution in [0.3, 0.4) is 0 Å². The standard InChI is InChI=1S/C22H33N3O5S/c1-16-13-25(17(2)15-26)31(28,29)22-10-9-19(8-7-11-23(4)5)12-20(22)30-21(16)14-24(6)18(3)27/h9-10,12,16-17,21,26H,11,13-15H2,1-6H3/t16-,17-,21+/m0/s1.